The normalized spacial score (nSPS) is 20.0. The summed E-state index contributed by atoms with van der Waals surface area (Å²) in [6, 6.07) is 1.88. The summed E-state index contributed by atoms with van der Waals surface area (Å²) in [6.45, 7) is 3.76. The molecule has 1 fully saturated rings. The summed E-state index contributed by atoms with van der Waals surface area (Å²) < 4.78 is 5.35. The van der Waals surface area contributed by atoms with Crippen LogP contribution in [0.1, 0.15) is 24.9 Å². The second kappa shape index (κ2) is 5.23. The molecule has 1 saturated heterocycles. The maximum Gasteiger partial charge on any atom is 0.143 e. The molecule has 1 aromatic rings. The third-order valence-electron chi connectivity index (χ3n) is 2.83. The van der Waals surface area contributed by atoms with E-state index in [-0.39, 0.29) is 0 Å². The van der Waals surface area contributed by atoms with Crippen LogP contribution in [0.2, 0.25) is 0 Å². The molecule has 0 bridgehead atoms. The molecule has 0 saturated carbocycles. The van der Waals surface area contributed by atoms with Gasteiger partial charge in [0.05, 0.1) is 0 Å². The van der Waals surface area contributed by atoms with Gasteiger partial charge in [0, 0.05) is 31.4 Å². The van der Waals surface area contributed by atoms with Crippen LogP contribution in [-0.4, -0.2) is 23.2 Å². The van der Waals surface area contributed by atoms with Crippen molar-refractivity contribution in [1.82, 2.24) is 9.97 Å². The zero-order valence-corrected chi connectivity index (χ0v) is 9.57. The molecule has 1 aliphatic heterocycles. The molecule has 2 rings (SSSR count). The van der Waals surface area contributed by atoms with Crippen LogP contribution < -0.4 is 11.3 Å². The van der Waals surface area contributed by atoms with Crippen molar-refractivity contribution in [3.8, 4) is 0 Å². The Bertz CT molecular complexity index is 328. The van der Waals surface area contributed by atoms with E-state index in [4.69, 9.17) is 10.6 Å². The first kappa shape index (κ1) is 11.3. The van der Waals surface area contributed by atoms with Gasteiger partial charge in [-0.3, -0.25) is 0 Å². The van der Waals surface area contributed by atoms with Crippen molar-refractivity contribution < 1.29 is 4.74 Å². The summed E-state index contributed by atoms with van der Waals surface area (Å²) in [7, 11) is 0. The molecule has 5 nitrogen and oxygen atoms in total. The summed E-state index contributed by atoms with van der Waals surface area (Å²) in [5.74, 6) is 7.50. The van der Waals surface area contributed by atoms with Crippen molar-refractivity contribution in [2.24, 2.45) is 11.8 Å². The molecule has 0 amide bonds. The molecular weight excluding hydrogens is 204 g/mol. The minimum atomic E-state index is 0.553. The van der Waals surface area contributed by atoms with Gasteiger partial charge >= 0.3 is 0 Å². The highest BCUT2D eigenvalue weighted by Crippen LogP contribution is 2.17. The van der Waals surface area contributed by atoms with E-state index in [0.29, 0.717) is 11.7 Å². The molecule has 1 aromatic heterocycles. The highest BCUT2D eigenvalue weighted by atomic mass is 16.5. The van der Waals surface area contributed by atoms with Gasteiger partial charge in [-0.1, -0.05) is 6.92 Å². The van der Waals surface area contributed by atoms with Gasteiger partial charge in [-0.05, 0) is 18.8 Å². The minimum absolute atomic E-state index is 0.553. The van der Waals surface area contributed by atoms with Crippen LogP contribution in [0.5, 0.6) is 0 Å². The standard InChI is InChI=1S/C11H18N4O/c1-2-9-6-11(15-12)14-10(13-9)5-8-3-4-16-7-8/h6,8H,2-5,7,12H2,1H3,(H,13,14,15). The summed E-state index contributed by atoms with van der Waals surface area (Å²) >= 11 is 0. The smallest absolute Gasteiger partial charge is 0.143 e. The van der Waals surface area contributed by atoms with Gasteiger partial charge in [0.25, 0.3) is 0 Å². The number of hydrogen-bond donors (Lipinski definition) is 2. The van der Waals surface area contributed by atoms with E-state index in [1.807, 2.05) is 6.07 Å². The maximum atomic E-state index is 5.39. The second-order valence-corrected chi connectivity index (χ2v) is 4.09. The van der Waals surface area contributed by atoms with E-state index in [1.165, 1.54) is 0 Å². The van der Waals surface area contributed by atoms with Crippen LogP contribution in [0.25, 0.3) is 0 Å². The lowest BCUT2D eigenvalue weighted by molar-refractivity contribution is 0.185. The lowest BCUT2D eigenvalue weighted by atomic mass is 10.0. The molecule has 1 unspecified atom stereocenters. The third-order valence-corrected chi connectivity index (χ3v) is 2.83. The van der Waals surface area contributed by atoms with Crippen LogP contribution >= 0.6 is 0 Å². The third kappa shape index (κ3) is 2.68. The van der Waals surface area contributed by atoms with Crippen molar-refractivity contribution in [1.29, 1.82) is 0 Å². The molecule has 1 aliphatic rings. The number of anilines is 1. The fourth-order valence-corrected chi connectivity index (χ4v) is 1.90. The number of aromatic nitrogens is 2. The molecule has 88 valence electrons. The number of hydrazine groups is 1. The maximum absolute atomic E-state index is 5.39. The zero-order chi connectivity index (χ0) is 11.4. The fourth-order valence-electron chi connectivity index (χ4n) is 1.90. The predicted molar refractivity (Wildman–Crippen MR) is 61.9 cm³/mol. The Hall–Kier alpha value is -1.20. The molecule has 1 atom stereocenters. The Morgan fingerprint density at radius 2 is 2.44 bits per heavy atom. The van der Waals surface area contributed by atoms with Gasteiger partial charge in [0.2, 0.25) is 0 Å². The first-order valence-electron chi connectivity index (χ1n) is 5.73. The number of ether oxygens (including phenoxy) is 1. The van der Waals surface area contributed by atoms with Crippen molar-refractivity contribution in [3.05, 3.63) is 17.6 Å². The molecule has 0 radical (unpaired) electrons. The van der Waals surface area contributed by atoms with Gasteiger partial charge < -0.3 is 10.2 Å². The van der Waals surface area contributed by atoms with Gasteiger partial charge in [-0.15, -0.1) is 0 Å². The van der Waals surface area contributed by atoms with E-state index < -0.39 is 0 Å². The first-order chi connectivity index (χ1) is 7.81. The van der Waals surface area contributed by atoms with Gasteiger partial charge in [-0.25, -0.2) is 15.8 Å². The van der Waals surface area contributed by atoms with E-state index in [0.717, 1.165) is 44.0 Å². The highest BCUT2D eigenvalue weighted by Gasteiger charge is 2.17. The number of rotatable bonds is 4. The lowest BCUT2D eigenvalue weighted by Crippen LogP contribution is -2.14. The fraction of sp³-hybridized carbons (Fsp3) is 0.636. The molecular formula is C11H18N4O. The Labute approximate surface area is 95.4 Å². The van der Waals surface area contributed by atoms with Gasteiger partial charge in [-0.2, -0.15) is 0 Å². The summed E-state index contributed by atoms with van der Waals surface area (Å²) in [4.78, 5) is 8.86. The summed E-state index contributed by atoms with van der Waals surface area (Å²) in [6.07, 6.45) is 2.87. The van der Waals surface area contributed by atoms with Gasteiger partial charge in [0.15, 0.2) is 0 Å². The average Bonchev–Trinajstić information content (AvgIpc) is 2.81. The Kier molecular flexibility index (Phi) is 3.69. The second-order valence-electron chi connectivity index (χ2n) is 4.09. The van der Waals surface area contributed by atoms with Crippen molar-refractivity contribution in [2.45, 2.75) is 26.2 Å². The number of nitrogens with one attached hydrogen (secondary N) is 1. The molecule has 3 N–H and O–H groups in total. The molecule has 5 heteroatoms. The monoisotopic (exact) mass is 222 g/mol. The largest absolute Gasteiger partial charge is 0.381 e. The van der Waals surface area contributed by atoms with Crippen molar-refractivity contribution in [2.75, 3.05) is 18.6 Å². The van der Waals surface area contributed by atoms with E-state index >= 15 is 0 Å². The minimum Gasteiger partial charge on any atom is -0.381 e. The van der Waals surface area contributed by atoms with Crippen LogP contribution in [0.4, 0.5) is 5.82 Å². The Morgan fingerprint density at radius 1 is 1.56 bits per heavy atom. The highest BCUT2D eigenvalue weighted by molar-refractivity contribution is 5.34. The Morgan fingerprint density at radius 3 is 3.06 bits per heavy atom. The van der Waals surface area contributed by atoms with Crippen LogP contribution in [0.15, 0.2) is 6.07 Å². The summed E-state index contributed by atoms with van der Waals surface area (Å²) in [5.41, 5.74) is 3.61. The van der Waals surface area contributed by atoms with Crippen molar-refractivity contribution >= 4 is 5.82 Å². The summed E-state index contributed by atoms with van der Waals surface area (Å²) in [5, 5.41) is 0. The number of aryl methyl sites for hydroxylation is 1. The van der Waals surface area contributed by atoms with Crippen molar-refractivity contribution in [3.63, 3.8) is 0 Å². The average molecular weight is 222 g/mol. The SMILES string of the molecule is CCc1cc(NN)nc(CC2CCOC2)n1. The van der Waals surface area contributed by atoms with E-state index in [1.54, 1.807) is 0 Å². The molecule has 0 aliphatic carbocycles. The molecule has 0 aromatic carbocycles. The topological polar surface area (TPSA) is 73.1 Å². The zero-order valence-electron chi connectivity index (χ0n) is 9.57. The quantitative estimate of drug-likeness (QED) is 0.585. The molecule has 16 heavy (non-hydrogen) atoms. The number of hydrogen-bond acceptors (Lipinski definition) is 5. The lowest BCUT2D eigenvalue weighted by Gasteiger charge is -2.09. The number of nitrogens with zero attached hydrogens (tertiary/aromatic N) is 2. The molecule has 2 heterocycles. The van der Waals surface area contributed by atoms with Gasteiger partial charge in [0.1, 0.15) is 11.6 Å². The number of nitrogens with two attached hydrogens (primary N) is 1. The Balaban J connectivity index is 2.12. The van der Waals surface area contributed by atoms with Crippen LogP contribution in [0.3, 0.4) is 0 Å². The van der Waals surface area contributed by atoms with Crippen LogP contribution in [0, 0.1) is 5.92 Å². The van der Waals surface area contributed by atoms with E-state index in [2.05, 4.69) is 22.3 Å². The van der Waals surface area contributed by atoms with E-state index in [9.17, 15) is 0 Å². The number of nitrogen functional groups attached to an aromatic ring is 1. The predicted octanol–water partition coefficient (Wildman–Crippen LogP) is 0.904. The molecule has 0 spiro atoms. The van der Waals surface area contributed by atoms with Crippen LogP contribution in [-0.2, 0) is 17.6 Å². The first-order valence-corrected chi connectivity index (χ1v) is 5.73.